The lowest BCUT2D eigenvalue weighted by Crippen LogP contribution is -2.32. The molecule has 0 saturated heterocycles. The van der Waals surface area contributed by atoms with Gasteiger partial charge in [-0.25, -0.2) is 0 Å². The van der Waals surface area contributed by atoms with Crippen LogP contribution < -0.4 is 5.32 Å². The second-order valence-corrected chi connectivity index (χ2v) is 7.84. The van der Waals surface area contributed by atoms with Crippen LogP contribution >= 0.6 is 11.8 Å². The van der Waals surface area contributed by atoms with Crippen molar-refractivity contribution < 1.29 is 0 Å². The van der Waals surface area contributed by atoms with Crippen LogP contribution in [0.5, 0.6) is 0 Å². The molecule has 1 aromatic carbocycles. The van der Waals surface area contributed by atoms with Gasteiger partial charge in [0.1, 0.15) is 0 Å². The van der Waals surface area contributed by atoms with Crippen LogP contribution in [0.3, 0.4) is 0 Å². The van der Waals surface area contributed by atoms with Gasteiger partial charge in [0.2, 0.25) is 0 Å². The van der Waals surface area contributed by atoms with Gasteiger partial charge >= 0.3 is 0 Å². The van der Waals surface area contributed by atoms with Crippen LogP contribution in [0.4, 0.5) is 0 Å². The Kier molecular flexibility index (Phi) is 7.66. The van der Waals surface area contributed by atoms with Gasteiger partial charge in [0.15, 0.2) is 0 Å². The van der Waals surface area contributed by atoms with Crippen LogP contribution in [-0.2, 0) is 0 Å². The van der Waals surface area contributed by atoms with Crippen molar-refractivity contribution in [3.05, 3.63) is 30.3 Å². The first-order valence-electron chi connectivity index (χ1n) is 8.67. The highest BCUT2D eigenvalue weighted by atomic mass is 32.2. The fraction of sp³-hybridized carbons (Fsp3) is 0.684. The molecule has 0 spiro atoms. The number of hydrogen-bond donors (Lipinski definition) is 1. The third-order valence-corrected chi connectivity index (χ3v) is 5.65. The molecule has 0 aromatic heterocycles. The predicted molar refractivity (Wildman–Crippen MR) is 95.0 cm³/mol. The molecule has 2 unspecified atom stereocenters. The van der Waals surface area contributed by atoms with Crippen molar-refractivity contribution in [2.75, 3.05) is 12.3 Å². The lowest BCUT2D eigenvalue weighted by atomic mass is 9.86. The van der Waals surface area contributed by atoms with Gasteiger partial charge in [-0.05, 0) is 49.1 Å². The molecule has 2 heteroatoms. The molecule has 1 nitrogen and oxygen atoms in total. The third-order valence-electron chi connectivity index (χ3n) is 4.61. The lowest BCUT2D eigenvalue weighted by molar-refractivity contribution is 0.287. The monoisotopic (exact) mass is 305 g/mol. The summed E-state index contributed by atoms with van der Waals surface area (Å²) in [5, 5.41) is 3.67. The Bertz CT molecular complexity index is 376. The maximum atomic E-state index is 3.67. The van der Waals surface area contributed by atoms with E-state index in [0.29, 0.717) is 6.04 Å². The van der Waals surface area contributed by atoms with Gasteiger partial charge in [-0.15, -0.1) is 11.8 Å². The average molecular weight is 306 g/mol. The Morgan fingerprint density at radius 2 is 1.76 bits per heavy atom. The van der Waals surface area contributed by atoms with E-state index in [1.807, 2.05) is 11.8 Å². The molecule has 0 radical (unpaired) electrons. The van der Waals surface area contributed by atoms with E-state index >= 15 is 0 Å². The minimum atomic E-state index is 0.618. The summed E-state index contributed by atoms with van der Waals surface area (Å²) < 4.78 is 0. The zero-order valence-corrected chi connectivity index (χ0v) is 14.5. The van der Waals surface area contributed by atoms with Crippen molar-refractivity contribution in [1.29, 1.82) is 0 Å². The predicted octanol–water partition coefficient (Wildman–Crippen LogP) is 5.36. The van der Waals surface area contributed by atoms with Crippen molar-refractivity contribution >= 4 is 11.8 Å². The van der Waals surface area contributed by atoms with Crippen molar-refractivity contribution in [3.8, 4) is 0 Å². The minimum absolute atomic E-state index is 0.618. The summed E-state index contributed by atoms with van der Waals surface area (Å²) in [6, 6.07) is 11.5. The van der Waals surface area contributed by atoms with Crippen LogP contribution in [0.2, 0.25) is 0 Å². The van der Waals surface area contributed by atoms with E-state index in [0.717, 1.165) is 11.8 Å². The number of rotatable bonds is 7. The van der Waals surface area contributed by atoms with Gasteiger partial charge in [-0.3, -0.25) is 0 Å². The smallest absolute Gasteiger partial charge is 0.00719 e. The van der Waals surface area contributed by atoms with E-state index in [1.54, 1.807) is 0 Å². The maximum Gasteiger partial charge on any atom is 0.00719 e. The van der Waals surface area contributed by atoms with Gasteiger partial charge in [-0.2, -0.15) is 0 Å². The van der Waals surface area contributed by atoms with Crippen LogP contribution in [0.15, 0.2) is 35.2 Å². The summed E-state index contributed by atoms with van der Waals surface area (Å²) >= 11 is 2.03. The zero-order valence-electron chi connectivity index (χ0n) is 13.7. The first kappa shape index (κ1) is 16.9. The van der Waals surface area contributed by atoms with E-state index in [2.05, 4.69) is 49.5 Å². The molecule has 1 saturated carbocycles. The molecule has 21 heavy (non-hydrogen) atoms. The minimum Gasteiger partial charge on any atom is -0.314 e. The maximum absolute atomic E-state index is 3.67. The first-order chi connectivity index (χ1) is 10.3. The molecule has 0 amide bonds. The first-order valence-corrected chi connectivity index (χ1v) is 9.65. The van der Waals surface area contributed by atoms with Crippen LogP contribution in [0, 0.1) is 11.8 Å². The lowest BCUT2D eigenvalue weighted by Gasteiger charge is -2.26. The molecule has 0 aliphatic heterocycles. The number of benzene rings is 1. The van der Waals surface area contributed by atoms with E-state index in [-0.39, 0.29) is 0 Å². The van der Waals surface area contributed by atoms with E-state index in [1.165, 1.54) is 55.7 Å². The van der Waals surface area contributed by atoms with Gasteiger partial charge < -0.3 is 5.32 Å². The van der Waals surface area contributed by atoms with Gasteiger partial charge in [0.25, 0.3) is 0 Å². The van der Waals surface area contributed by atoms with E-state index in [9.17, 15) is 0 Å². The highest BCUT2D eigenvalue weighted by Gasteiger charge is 2.23. The quantitative estimate of drug-likeness (QED) is 0.537. The molecule has 0 heterocycles. The molecule has 2 atom stereocenters. The fourth-order valence-electron chi connectivity index (χ4n) is 3.34. The number of thioether (sulfide) groups is 1. The topological polar surface area (TPSA) is 12.0 Å². The summed E-state index contributed by atoms with van der Waals surface area (Å²) in [6.07, 6.45) is 8.58. The molecule has 1 aliphatic carbocycles. The SMILES string of the molecule is CC(C)NCC1CCCCCC1CCSc1ccccc1. The molecule has 1 fully saturated rings. The number of nitrogens with one attached hydrogen (secondary N) is 1. The van der Waals surface area contributed by atoms with E-state index < -0.39 is 0 Å². The Labute approximate surface area is 135 Å². The third kappa shape index (κ3) is 6.44. The Hall–Kier alpha value is -0.470. The van der Waals surface area contributed by atoms with Crippen LogP contribution in [0.1, 0.15) is 52.4 Å². The number of hydrogen-bond acceptors (Lipinski definition) is 2. The average Bonchev–Trinajstić information content (AvgIpc) is 2.71. The van der Waals surface area contributed by atoms with Gasteiger partial charge in [0.05, 0.1) is 0 Å². The second kappa shape index (κ2) is 9.53. The summed E-state index contributed by atoms with van der Waals surface area (Å²) in [5.41, 5.74) is 0. The fourth-order valence-corrected chi connectivity index (χ4v) is 4.35. The van der Waals surface area contributed by atoms with Crippen molar-refractivity contribution in [3.63, 3.8) is 0 Å². The molecule has 0 bridgehead atoms. The zero-order chi connectivity index (χ0) is 14.9. The van der Waals surface area contributed by atoms with E-state index in [4.69, 9.17) is 0 Å². The molecular formula is C19H31NS. The normalized spacial score (nSPS) is 23.2. The van der Waals surface area contributed by atoms with Crippen molar-refractivity contribution in [1.82, 2.24) is 5.32 Å². The largest absolute Gasteiger partial charge is 0.314 e. The second-order valence-electron chi connectivity index (χ2n) is 6.67. The highest BCUT2D eigenvalue weighted by molar-refractivity contribution is 7.99. The van der Waals surface area contributed by atoms with Crippen LogP contribution in [-0.4, -0.2) is 18.3 Å². The molecule has 2 rings (SSSR count). The Balaban J connectivity index is 1.79. The molecule has 1 aromatic rings. The van der Waals surface area contributed by atoms with Crippen molar-refractivity contribution in [2.24, 2.45) is 11.8 Å². The Morgan fingerprint density at radius 1 is 1.05 bits per heavy atom. The summed E-state index contributed by atoms with van der Waals surface area (Å²) in [6.45, 7) is 5.74. The van der Waals surface area contributed by atoms with Gasteiger partial charge in [0, 0.05) is 10.9 Å². The molecular weight excluding hydrogens is 274 g/mol. The molecule has 118 valence electrons. The summed E-state index contributed by atoms with van der Waals surface area (Å²) in [7, 11) is 0. The standard InChI is InChI=1S/C19H31NS/c1-16(2)20-15-18-10-6-3-5-9-17(18)13-14-21-19-11-7-4-8-12-19/h4,7-8,11-12,16-18,20H,3,5-6,9-10,13-15H2,1-2H3. The van der Waals surface area contributed by atoms with Gasteiger partial charge in [-0.1, -0.05) is 57.7 Å². The molecule has 1 N–H and O–H groups in total. The van der Waals surface area contributed by atoms with Crippen LogP contribution in [0.25, 0.3) is 0 Å². The molecule has 1 aliphatic rings. The Morgan fingerprint density at radius 3 is 2.48 bits per heavy atom. The summed E-state index contributed by atoms with van der Waals surface area (Å²) in [4.78, 5) is 1.42. The summed E-state index contributed by atoms with van der Waals surface area (Å²) in [5.74, 6) is 3.09. The highest BCUT2D eigenvalue weighted by Crippen LogP contribution is 2.32. The van der Waals surface area contributed by atoms with Crippen molar-refractivity contribution in [2.45, 2.75) is 63.3 Å².